The fraction of sp³-hybridized carbons (Fsp3) is 0.220. The van der Waals surface area contributed by atoms with E-state index in [4.69, 9.17) is 24.9 Å². The second-order valence-corrected chi connectivity index (χ2v) is 13.1. The third-order valence-corrected chi connectivity index (χ3v) is 9.84. The number of rotatable bonds is 8. The Bertz CT molecular complexity index is 2000. The Morgan fingerprint density at radius 1 is 0.720 bits per heavy atom. The lowest BCUT2D eigenvalue weighted by Crippen LogP contribution is -2.39. The van der Waals surface area contributed by atoms with Crippen molar-refractivity contribution >= 4 is 11.7 Å². The molecular formula is C41H38N6O3. The largest absolute Gasteiger partial charge is 0.454 e. The Labute approximate surface area is 291 Å². The molecular weight excluding hydrogens is 624 g/mol. The number of benzene rings is 5. The van der Waals surface area contributed by atoms with Gasteiger partial charge in [0.2, 0.25) is 12.6 Å². The molecule has 2 N–H and O–H groups in total. The summed E-state index contributed by atoms with van der Waals surface area (Å²) < 4.78 is 11.3. The normalized spacial score (nSPS) is 16.9. The van der Waals surface area contributed by atoms with E-state index < -0.39 is 5.54 Å². The summed E-state index contributed by atoms with van der Waals surface area (Å²) in [6, 6.07) is 42.3. The van der Waals surface area contributed by atoms with Crippen molar-refractivity contribution in [3.8, 4) is 34.0 Å². The monoisotopic (exact) mass is 662 g/mol. The highest BCUT2D eigenvalue weighted by Gasteiger charge is 2.41. The molecule has 5 aromatic carbocycles. The molecule has 0 unspecified atom stereocenters. The molecule has 9 heteroatoms. The fourth-order valence-electron chi connectivity index (χ4n) is 7.23. The summed E-state index contributed by atoms with van der Waals surface area (Å²) in [6.07, 6.45) is 4.22. The summed E-state index contributed by atoms with van der Waals surface area (Å²) >= 11 is 0. The second-order valence-electron chi connectivity index (χ2n) is 13.1. The molecule has 1 aliphatic heterocycles. The van der Waals surface area contributed by atoms with Gasteiger partial charge in [0.1, 0.15) is 0 Å². The van der Waals surface area contributed by atoms with Crippen molar-refractivity contribution in [1.29, 1.82) is 0 Å². The van der Waals surface area contributed by atoms with Gasteiger partial charge in [0.05, 0.1) is 0 Å². The molecule has 1 aromatic heterocycles. The van der Waals surface area contributed by atoms with E-state index in [0.717, 1.165) is 53.5 Å². The van der Waals surface area contributed by atoms with Crippen LogP contribution in [-0.2, 0) is 5.54 Å². The Kier molecular flexibility index (Phi) is 8.46. The first-order valence-electron chi connectivity index (χ1n) is 17.2. The van der Waals surface area contributed by atoms with Gasteiger partial charge in [-0.15, -0.1) is 15.0 Å². The molecule has 0 bridgehead atoms. The van der Waals surface area contributed by atoms with Crippen LogP contribution < -0.4 is 20.1 Å². The van der Waals surface area contributed by atoms with Crippen LogP contribution in [0, 0.1) is 5.92 Å². The maximum absolute atomic E-state index is 13.2. The highest BCUT2D eigenvalue weighted by molar-refractivity contribution is 5.92. The van der Waals surface area contributed by atoms with Crippen molar-refractivity contribution in [2.75, 3.05) is 12.1 Å². The number of carbonyl (C=O) groups excluding carboxylic acids is 1. The predicted octanol–water partition coefficient (Wildman–Crippen LogP) is 8.28. The smallest absolute Gasteiger partial charge is 0.319 e. The SMILES string of the molecule is CC1CCC(NC(=O)Nc2ccc(-c3ccc4c(c3)OCO4)c(-c3nnn(C(c4ccccc4)(c4ccccc4)c4ccccc4)n3)c2)CC1. The van der Waals surface area contributed by atoms with Crippen LogP contribution in [0.1, 0.15) is 49.3 Å². The molecule has 2 heterocycles. The molecule has 0 atom stereocenters. The van der Waals surface area contributed by atoms with E-state index in [1.54, 1.807) is 4.80 Å². The Morgan fingerprint density at radius 3 is 1.98 bits per heavy atom. The van der Waals surface area contributed by atoms with Crippen molar-refractivity contribution in [3.63, 3.8) is 0 Å². The number of nitrogens with zero attached hydrogens (tertiary/aromatic N) is 4. The van der Waals surface area contributed by atoms with E-state index in [-0.39, 0.29) is 18.9 Å². The van der Waals surface area contributed by atoms with E-state index in [1.807, 2.05) is 91.0 Å². The minimum Gasteiger partial charge on any atom is -0.454 e. The lowest BCUT2D eigenvalue weighted by atomic mass is 9.77. The Balaban J connectivity index is 1.24. The maximum atomic E-state index is 13.2. The number of amides is 2. The summed E-state index contributed by atoms with van der Waals surface area (Å²) in [5, 5.41) is 20.9. The summed E-state index contributed by atoms with van der Waals surface area (Å²) in [4.78, 5) is 14.9. The molecule has 0 spiro atoms. The summed E-state index contributed by atoms with van der Waals surface area (Å²) in [7, 11) is 0. The summed E-state index contributed by atoms with van der Waals surface area (Å²) in [5.41, 5.74) is 5.13. The van der Waals surface area contributed by atoms with Crippen molar-refractivity contribution in [2.45, 2.75) is 44.2 Å². The van der Waals surface area contributed by atoms with Crippen LogP contribution in [0.4, 0.5) is 10.5 Å². The molecule has 2 aliphatic rings. The van der Waals surface area contributed by atoms with Gasteiger partial charge in [-0.2, -0.15) is 0 Å². The van der Waals surface area contributed by atoms with Crippen molar-refractivity contribution in [1.82, 2.24) is 25.5 Å². The molecule has 2 amide bonds. The third kappa shape index (κ3) is 5.96. The maximum Gasteiger partial charge on any atom is 0.319 e. The zero-order chi connectivity index (χ0) is 33.9. The van der Waals surface area contributed by atoms with Gasteiger partial charge in [-0.25, -0.2) is 4.79 Å². The first-order valence-corrected chi connectivity index (χ1v) is 17.2. The van der Waals surface area contributed by atoms with Gasteiger partial charge in [-0.3, -0.25) is 0 Å². The number of fused-ring (bicyclic) bond motifs is 1. The third-order valence-electron chi connectivity index (χ3n) is 9.84. The molecule has 0 saturated heterocycles. The average Bonchev–Trinajstić information content (AvgIpc) is 3.85. The highest BCUT2D eigenvalue weighted by atomic mass is 16.7. The molecule has 6 aromatic rings. The minimum atomic E-state index is -0.929. The van der Waals surface area contributed by atoms with Gasteiger partial charge < -0.3 is 20.1 Å². The summed E-state index contributed by atoms with van der Waals surface area (Å²) in [5.74, 6) is 2.48. The van der Waals surface area contributed by atoms with Crippen molar-refractivity contribution in [3.05, 3.63) is 144 Å². The van der Waals surface area contributed by atoms with Gasteiger partial charge in [0.15, 0.2) is 17.0 Å². The van der Waals surface area contributed by atoms with E-state index in [0.29, 0.717) is 34.5 Å². The van der Waals surface area contributed by atoms with Crippen LogP contribution >= 0.6 is 0 Å². The van der Waals surface area contributed by atoms with Crippen molar-refractivity contribution in [2.24, 2.45) is 5.92 Å². The quantitative estimate of drug-likeness (QED) is 0.159. The van der Waals surface area contributed by atoms with Gasteiger partial charge >= 0.3 is 6.03 Å². The first kappa shape index (κ1) is 31.3. The molecule has 250 valence electrons. The Morgan fingerprint density at radius 2 is 1.34 bits per heavy atom. The number of hydrogen-bond donors (Lipinski definition) is 2. The number of nitrogens with one attached hydrogen (secondary N) is 2. The van der Waals surface area contributed by atoms with Crippen LogP contribution in [0.5, 0.6) is 11.5 Å². The van der Waals surface area contributed by atoms with E-state index in [9.17, 15) is 4.79 Å². The molecule has 50 heavy (non-hydrogen) atoms. The number of tetrazole rings is 1. The lowest BCUT2D eigenvalue weighted by Gasteiger charge is -2.34. The highest BCUT2D eigenvalue weighted by Crippen LogP contribution is 2.42. The number of aromatic nitrogens is 4. The number of hydrogen-bond acceptors (Lipinski definition) is 6. The number of carbonyl (C=O) groups is 1. The standard InChI is InChI=1S/C41H38N6O3/c1-28-17-20-33(21-18-28)42-40(48)43-34-22-23-35(29-19-24-37-38(25-29)50-27-49-37)36(26-34)39-44-46-47(45-39)41(30-11-5-2-6-12-30,31-13-7-3-8-14-31)32-15-9-4-10-16-32/h2-16,19,22-26,28,33H,17-18,20-21,27H2,1H3,(H2,42,43,48). The summed E-state index contributed by atoms with van der Waals surface area (Å²) in [6.45, 7) is 2.45. The van der Waals surface area contributed by atoms with E-state index in [1.165, 1.54) is 0 Å². The minimum absolute atomic E-state index is 0.169. The second kappa shape index (κ2) is 13.5. The number of urea groups is 1. The van der Waals surface area contributed by atoms with Crippen LogP contribution in [0.2, 0.25) is 0 Å². The van der Waals surface area contributed by atoms with Crippen LogP contribution in [0.3, 0.4) is 0 Å². The van der Waals surface area contributed by atoms with Gasteiger partial charge in [0, 0.05) is 17.3 Å². The average molecular weight is 663 g/mol. The van der Waals surface area contributed by atoms with E-state index in [2.05, 4.69) is 54.0 Å². The number of ether oxygens (including phenoxy) is 2. The zero-order valence-electron chi connectivity index (χ0n) is 27.8. The number of anilines is 1. The van der Waals surface area contributed by atoms with E-state index >= 15 is 0 Å². The molecule has 9 nitrogen and oxygen atoms in total. The lowest BCUT2D eigenvalue weighted by molar-refractivity contribution is 0.174. The predicted molar refractivity (Wildman–Crippen MR) is 193 cm³/mol. The van der Waals surface area contributed by atoms with Crippen molar-refractivity contribution < 1.29 is 14.3 Å². The Hall–Kier alpha value is -5.96. The first-order chi connectivity index (χ1) is 24.6. The fourth-order valence-corrected chi connectivity index (χ4v) is 7.23. The molecule has 1 fully saturated rings. The molecule has 1 aliphatic carbocycles. The molecule has 1 saturated carbocycles. The molecule has 8 rings (SSSR count). The zero-order valence-corrected chi connectivity index (χ0v) is 27.8. The van der Waals surface area contributed by atoms with Gasteiger partial charge in [-0.05, 0) is 88.9 Å². The van der Waals surface area contributed by atoms with Gasteiger partial charge in [0.25, 0.3) is 0 Å². The molecule has 0 radical (unpaired) electrons. The topological polar surface area (TPSA) is 103 Å². The van der Waals surface area contributed by atoms with Crippen LogP contribution in [-0.4, -0.2) is 39.1 Å². The van der Waals surface area contributed by atoms with Gasteiger partial charge in [-0.1, -0.05) is 110 Å². The van der Waals surface area contributed by atoms with Crippen LogP contribution in [0.25, 0.3) is 22.5 Å². The van der Waals surface area contributed by atoms with Crippen LogP contribution in [0.15, 0.2) is 127 Å².